The van der Waals surface area contributed by atoms with Crippen molar-refractivity contribution in [3.63, 3.8) is 0 Å². The number of likely N-dealkylation sites (N-methyl/N-ethyl adjacent to an activating group) is 1. The van der Waals surface area contributed by atoms with Gasteiger partial charge in [-0.05, 0) is 42.3 Å². The molecule has 0 aliphatic carbocycles. The fraction of sp³-hybridized carbons (Fsp3) is 0.379. The molecule has 0 amide bonds. The maximum Gasteiger partial charge on any atom is 0.231 e. The molecule has 0 radical (unpaired) electrons. The minimum atomic E-state index is -1.64. The van der Waals surface area contributed by atoms with E-state index < -0.39 is 11.9 Å². The lowest BCUT2D eigenvalue weighted by atomic mass is 9.84. The highest BCUT2D eigenvalue weighted by Gasteiger charge is 2.52. The van der Waals surface area contributed by atoms with Crippen LogP contribution in [-0.4, -0.2) is 51.7 Å². The van der Waals surface area contributed by atoms with E-state index in [0.29, 0.717) is 34.3 Å². The van der Waals surface area contributed by atoms with E-state index >= 15 is 0 Å². The molecule has 0 unspecified atom stereocenters. The van der Waals surface area contributed by atoms with Crippen molar-refractivity contribution in [2.45, 2.75) is 30.8 Å². The van der Waals surface area contributed by atoms with E-state index in [-0.39, 0.29) is 19.3 Å². The zero-order valence-electron chi connectivity index (χ0n) is 21.4. The summed E-state index contributed by atoms with van der Waals surface area (Å²) in [5.74, 6) is 1.31. The van der Waals surface area contributed by atoms with Crippen molar-refractivity contribution in [1.82, 2.24) is 4.90 Å². The summed E-state index contributed by atoms with van der Waals surface area (Å²) in [5, 5.41) is 12.2. The molecular weight excluding hydrogens is 474 g/mol. The topological polar surface area (TPSA) is 78.9 Å². The molecule has 3 atom stereocenters. The molecule has 0 fully saturated rings. The Morgan fingerprint density at radius 2 is 1.78 bits per heavy atom. The van der Waals surface area contributed by atoms with Gasteiger partial charge in [0.25, 0.3) is 0 Å². The summed E-state index contributed by atoms with van der Waals surface area (Å²) in [4.78, 5) is 2.24. The lowest BCUT2D eigenvalue weighted by molar-refractivity contribution is -0.234. The Kier molecular flexibility index (Phi) is 5.90. The number of aliphatic hydroxyl groups is 1. The van der Waals surface area contributed by atoms with Gasteiger partial charge in [0.1, 0.15) is 6.10 Å². The lowest BCUT2D eigenvalue weighted by Gasteiger charge is -2.39. The summed E-state index contributed by atoms with van der Waals surface area (Å²) in [6.07, 6.45) is 0.569. The van der Waals surface area contributed by atoms with Crippen LogP contribution in [0.25, 0.3) is 0 Å². The van der Waals surface area contributed by atoms with Gasteiger partial charge in [0.05, 0.1) is 32.9 Å². The number of methoxy groups -OCH3 is 3. The molecule has 0 spiro atoms. The highest BCUT2D eigenvalue weighted by Crippen LogP contribution is 2.59. The Morgan fingerprint density at radius 3 is 2.51 bits per heavy atom. The van der Waals surface area contributed by atoms with E-state index in [9.17, 15) is 5.11 Å². The third-order valence-corrected chi connectivity index (χ3v) is 7.62. The van der Waals surface area contributed by atoms with E-state index in [1.165, 1.54) is 0 Å². The predicted octanol–water partition coefficient (Wildman–Crippen LogP) is 4.13. The number of ether oxygens (including phenoxy) is 6. The molecule has 8 heteroatoms. The monoisotopic (exact) mass is 505 g/mol. The van der Waals surface area contributed by atoms with E-state index in [0.717, 1.165) is 35.2 Å². The van der Waals surface area contributed by atoms with Gasteiger partial charge in [-0.2, -0.15) is 0 Å². The van der Waals surface area contributed by atoms with Crippen molar-refractivity contribution in [3.05, 3.63) is 76.3 Å². The highest BCUT2D eigenvalue weighted by molar-refractivity contribution is 5.63. The average molecular weight is 506 g/mol. The van der Waals surface area contributed by atoms with Crippen molar-refractivity contribution < 1.29 is 33.5 Å². The van der Waals surface area contributed by atoms with Crippen molar-refractivity contribution in [1.29, 1.82) is 0 Å². The van der Waals surface area contributed by atoms with Crippen LogP contribution < -0.4 is 23.7 Å². The van der Waals surface area contributed by atoms with E-state index in [1.807, 2.05) is 48.5 Å². The van der Waals surface area contributed by atoms with Crippen LogP contribution in [0.2, 0.25) is 0 Å². The minimum absolute atomic E-state index is 0.158. The van der Waals surface area contributed by atoms with Gasteiger partial charge in [-0.25, -0.2) is 0 Å². The number of rotatable bonds is 6. The molecule has 3 aromatic rings. The molecule has 1 N–H and O–H groups in total. The first kappa shape index (κ1) is 23.9. The molecule has 3 heterocycles. The Morgan fingerprint density at radius 1 is 1.00 bits per heavy atom. The molecule has 0 bridgehead atoms. The van der Waals surface area contributed by atoms with E-state index in [2.05, 4.69) is 11.9 Å². The summed E-state index contributed by atoms with van der Waals surface area (Å²) in [5.41, 5.74) is 4.48. The molecule has 37 heavy (non-hydrogen) atoms. The zero-order chi connectivity index (χ0) is 25.7. The maximum atomic E-state index is 12.2. The minimum Gasteiger partial charge on any atom is -0.493 e. The standard InChI is InChI=1S/C29H31NO7/c1-30-13-12-18-14-21-27(36-16-35-21)28(34-4)22(18)24(30)25-19-10-11-20(32-2)26(33-3)23(19)29(31,37-25)15-17-8-6-5-7-9-17/h5-11,14,24-25,31H,12-13,15-16H2,1-4H3/t24-,25+,29+/m1/s1. The van der Waals surface area contributed by atoms with Gasteiger partial charge in [0.15, 0.2) is 23.0 Å². The summed E-state index contributed by atoms with van der Waals surface area (Å²) in [7, 11) is 6.88. The third kappa shape index (κ3) is 3.70. The second-order valence-corrected chi connectivity index (χ2v) is 9.64. The SMILES string of the molecule is COc1ccc2c(c1OC)[C@](O)(Cc1ccccc1)O[C@@H]2[C@H]1c2c(cc3c(c2OC)OCO3)CCN1C. The Hall–Kier alpha value is -3.46. The van der Waals surface area contributed by atoms with Gasteiger partial charge in [0.2, 0.25) is 18.3 Å². The second-order valence-electron chi connectivity index (χ2n) is 9.64. The van der Waals surface area contributed by atoms with Crippen molar-refractivity contribution in [3.8, 4) is 28.7 Å². The molecule has 0 aromatic heterocycles. The number of nitrogens with zero attached hydrogens (tertiary/aromatic N) is 1. The average Bonchev–Trinajstić information content (AvgIpc) is 3.49. The van der Waals surface area contributed by atoms with Crippen molar-refractivity contribution in [2.75, 3.05) is 41.7 Å². The van der Waals surface area contributed by atoms with Crippen molar-refractivity contribution >= 4 is 0 Å². The van der Waals surface area contributed by atoms with Crippen LogP contribution in [0.1, 0.15) is 40.0 Å². The second kappa shape index (κ2) is 9.13. The molecule has 0 saturated carbocycles. The van der Waals surface area contributed by atoms with Gasteiger partial charge in [0, 0.05) is 18.5 Å². The summed E-state index contributed by atoms with van der Waals surface area (Å²) in [6, 6.07) is 15.4. The summed E-state index contributed by atoms with van der Waals surface area (Å²) >= 11 is 0. The number of hydrogen-bond donors (Lipinski definition) is 1. The first-order chi connectivity index (χ1) is 18.0. The normalized spacial score (nSPS) is 23.9. The Bertz CT molecular complexity index is 1330. The third-order valence-electron chi connectivity index (χ3n) is 7.62. The van der Waals surface area contributed by atoms with Crippen LogP contribution in [0.4, 0.5) is 0 Å². The zero-order valence-corrected chi connectivity index (χ0v) is 21.4. The molecule has 3 aliphatic rings. The molecule has 8 nitrogen and oxygen atoms in total. The van der Waals surface area contributed by atoms with Crippen LogP contribution in [0.3, 0.4) is 0 Å². The molecular formula is C29H31NO7. The first-order valence-electron chi connectivity index (χ1n) is 12.4. The fourth-order valence-electron chi connectivity index (χ4n) is 6.00. The highest BCUT2D eigenvalue weighted by atomic mass is 16.7. The molecule has 3 aromatic carbocycles. The lowest BCUT2D eigenvalue weighted by Crippen LogP contribution is -2.37. The fourth-order valence-corrected chi connectivity index (χ4v) is 6.00. The largest absolute Gasteiger partial charge is 0.493 e. The summed E-state index contributed by atoms with van der Waals surface area (Å²) in [6.45, 7) is 0.964. The number of benzene rings is 3. The van der Waals surface area contributed by atoms with E-state index in [4.69, 9.17) is 28.4 Å². The molecule has 6 rings (SSSR count). The van der Waals surface area contributed by atoms with Gasteiger partial charge < -0.3 is 33.5 Å². The smallest absolute Gasteiger partial charge is 0.231 e. The van der Waals surface area contributed by atoms with Gasteiger partial charge in [-0.1, -0.05) is 36.4 Å². The van der Waals surface area contributed by atoms with Gasteiger partial charge in [-0.15, -0.1) is 0 Å². The van der Waals surface area contributed by atoms with Crippen LogP contribution in [0, 0.1) is 0 Å². The van der Waals surface area contributed by atoms with Crippen LogP contribution in [0.5, 0.6) is 28.7 Å². The summed E-state index contributed by atoms with van der Waals surface area (Å²) < 4.78 is 35.5. The van der Waals surface area contributed by atoms with Crippen LogP contribution in [-0.2, 0) is 23.4 Å². The quantitative estimate of drug-likeness (QED) is 0.536. The van der Waals surface area contributed by atoms with Gasteiger partial charge in [-0.3, -0.25) is 4.90 Å². The number of hydrogen-bond acceptors (Lipinski definition) is 8. The molecule has 0 saturated heterocycles. The number of fused-ring (bicyclic) bond motifs is 3. The van der Waals surface area contributed by atoms with Crippen LogP contribution in [0.15, 0.2) is 48.5 Å². The van der Waals surface area contributed by atoms with E-state index in [1.54, 1.807) is 21.3 Å². The Balaban J connectivity index is 1.53. The van der Waals surface area contributed by atoms with Crippen LogP contribution >= 0.6 is 0 Å². The molecule has 194 valence electrons. The Labute approximate surface area is 216 Å². The first-order valence-corrected chi connectivity index (χ1v) is 12.4. The predicted molar refractivity (Wildman–Crippen MR) is 136 cm³/mol. The van der Waals surface area contributed by atoms with Crippen molar-refractivity contribution in [2.24, 2.45) is 0 Å². The maximum absolute atomic E-state index is 12.2. The molecule has 3 aliphatic heterocycles. The van der Waals surface area contributed by atoms with Gasteiger partial charge >= 0.3 is 0 Å².